The predicted molar refractivity (Wildman–Crippen MR) is 106 cm³/mol. The molecule has 0 saturated heterocycles. The van der Waals surface area contributed by atoms with Crippen LogP contribution in [0.1, 0.15) is 5.56 Å². The molecule has 0 unspecified atom stereocenters. The lowest BCUT2D eigenvalue weighted by atomic mass is 10.1. The van der Waals surface area contributed by atoms with Crippen molar-refractivity contribution in [1.29, 1.82) is 0 Å². The number of thiazole rings is 1. The monoisotopic (exact) mass is 398 g/mol. The number of hydrogen-bond donors (Lipinski definition) is 1. The first-order chi connectivity index (χ1) is 13.7. The summed E-state index contributed by atoms with van der Waals surface area (Å²) in [5.41, 5.74) is 2.49. The van der Waals surface area contributed by atoms with Crippen LogP contribution in [0.3, 0.4) is 0 Å². The number of methoxy groups -OCH3 is 2. The number of anilines is 1. The average molecular weight is 398 g/mol. The number of rotatable bonds is 6. The number of amides is 1. The van der Waals surface area contributed by atoms with Gasteiger partial charge < -0.3 is 24.3 Å². The van der Waals surface area contributed by atoms with E-state index in [1.54, 1.807) is 26.4 Å². The van der Waals surface area contributed by atoms with Crippen molar-refractivity contribution in [2.75, 3.05) is 26.3 Å². The Bertz CT molecular complexity index is 1020. The molecule has 2 heterocycles. The van der Waals surface area contributed by atoms with E-state index in [9.17, 15) is 4.79 Å². The van der Waals surface area contributed by atoms with Crippen LogP contribution in [0.2, 0.25) is 0 Å². The molecule has 1 amide bonds. The van der Waals surface area contributed by atoms with Gasteiger partial charge in [-0.2, -0.15) is 0 Å². The maximum atomic E-state index is 12.4. The highest BCUT2D eigenvalue weighted by atomic mass is 32.1. The van der Waals surface area contributed by atoms with Gasteiger partial charge in [0, 0.05) is 10.9 Å². The number of carbonyl (C=O) groups excluding carboxylic acids is 1. The lowest BCUT2D eigenvalue weighted by Gasteiger charge is -2.09. The number of nitrogens with one attached hydrogen (secondary N) is 1. The maximum absolute atomic E-state index is 12.4. The van der Waals surface area contributed by atoms with Crippen LogP contribution < -0.4 is 24.3 Å². The summed E-state index contributed by atoms with van der Waals surface area (Å²) in [7, 11) is 3.14. The maximum Gasteiger partial charge on any atom is 0.231 e. The van der Waals surface area contributed by atoms with Crippen LogP contribution in [-0.2, 0) is 11.2 Å². The van der Waals surface area contributed by atoms with E-state index in [-0.39, 0.29) is 19.1 Å². The molecule has 1 aliphatic rings. The summed E-state index contributed by atoms with van der Waals surface area (Å²) in [5.74, 6) is 2.48. The first kappa shape index (κ1) is 18.1. The average Bonchev–Trinajstić information content (AvgIpc) is 3.36. The Morgan fingerprint density at radius 2 is 1.93 bits per heavy atom. The molecule has 144 valence electrons. The molecule has 0 radical (unpaired) electrons. The third kappa shape index (κ3) is 3.72. The SMILES string of the molecule is COc1ccc(CC(=O)Nc2nc(-c3ccc4c(c3)OCO4)cs2)cc1OC. The Hall–Kier alpha value is -3.26. The van der Waals surface area contributed by atoms with E-state index in [0.29, 0.717) is 22.4 Å². The molecule has 0 fully saturated rings. The highest BCUT2D eigenvalue weighted by molar-refractivity contribution is 7.14. The first-order valence-electron chi connectivity index (χ1n) is 8.52. The molecule has 2 aromatic carbocycles. The van der Waals surface area contributed by atoms with Gasteiger partial charge >= 0.3 is 0 Å². The van der Waals surface area contributed by atoms with Gasteiger partial charge in [0.2, 0.25) is 12.7 Å². The predicted octanol–water partition coefficient (Wildman–Crippen LogP) is 3.74. The molecule has 0 aliphatic carbocycles. The Balaban J connectivity index is 1.43. The van der Waals surface area contributed by atoms with Crippen molar-refractivity contribution in [3.8, 4) is 34.3 Å². The summed E-state index contributed by atoms with van der Waals surface area (Å²) in [4.78, 5) is 16.9. The molecule has 0 bridgehead atoms. The smallest absolute Gasteiger partial charge is 0.231 e. The second kappa shape index (κ2) is 7.77. The van der Waals surface area contributed by atoms with Crippen LogP contribution in [0.4, 0.5) is 5.13 Å². The van der Waals surface area contributed by atoms with E-state index in [2.05, 4.69) is 10.3 Å². The number of nitrogens with zero attached hydrogens (tertiary/aromatic N) is 1. The summed E-state index contributed by atoms with van der Waals surface area (Å²) < 4.78 is 21.2. The Morgan fingerprint density at radius 1 is 1.11 bits per heavy atom. The number of ether oxygens (including phenoxy) is 4. The van der Waals surface area contributed by atoms with Gasteiger partial charge in [-0.05, 0) is 35.9 Å². The fourth-order valence-corrected chi connectivity index (χ4v) is 3.59. The third-order valence-electron chi connectivity index (χ3n) is 4.23. The number of aromatic nitrogens is 1. The van der Waals surface area contributed by atoms with Gasteiger partial charge in [0.05, 0.1) is 26.3 Å². The highest BCUT2D eigenvalue weighted by Gasteiger charge is 2.16. The second-order valence-electron chi connectivity index (χ2n) is 6.02. The van der Waals surface area contributed by atoms with Crippen molar-refractivity contribution in [2.24, 2.45) is 0 Å². The third-order valence-corrected chi connectivity index (χ3v) is 4.99. The number of fused-ring (bicyclic) bond motifs is 1. The topological polar surface area (TPSA) is 78.9 Å². The van der Waals surface area contributed by atoms with Crippen molar-refractivity contribution >= 4 is 22.4 Å². The molecule has 0 spiro atoms. The molecule has 0 atom stereocenters. The van der Waals surface area contributed by atoms with Crippen molar-refractivity contribution in [3.63, 3.8) is 0 Å². The summed E-state index contributed by atoms with van der Waals surface area (Å²) in [6.45, 7) is 0.229. The van der Waals surface area contributed by atoms with Gasteiger partial charge in [-0.15, -0.1) is 11.3 Å². The quantitative estimate of drug-likeness (QED) is 0.682. The summed E-state index contributed by atoms with van der Waals surface area (Å²) in [6.07, 6.45) is 0.208. The lowest BCUT2D eigenvalue weighted by molar-refractivity contribution is -0.115. The van der Waals surface area contributed by atoms with Gasteiger partial charge in [-0.3, -0.25) is 4.79 Å². The van der Waals surface area contributed by atoms with Crippen LogP contribution in [0.5, 0.6) is 23.0 Å². The summed E-state index contributed by atoms with van der Waals surface area (Å²) >= 11 is 1.37. The minimum Gasteiger partial charge on any atom is -0.493 e. The standard InChI is InChI=1S/C20H18N2O5S/c1-24-15-5-3-12(7-17(15)25-2)8-19(23)22-20-21-14(10-28-20)13-4-6-16-18(9-13)27-11-26-16/h3-7,9-10H,8,11H2,1-2H3,(H,21,22,23). The normalized spacial score (nSPS) is 11.9. The largest absolute Gasteiger partial charge is 0.493 e. The van der Waals surface area contributed by atoms with E-state index < -0.39 is 0 Å². The van der Waals surface area contributed by atoms with Crippen molar-refractivity contribution in [1.82, 2.24) is 4.98 Å². The lowest BCUT2D eigenvalue weighted by Crippen LogP contribution is -2.14. The van der Waals surface area contributed by atoms with Gasteiger partial charge in [0.15, 0.2) is 28.1 Å². The zero-order valence-corrected chi connectivity index (χ0v) is 16.2. The van der Waals surface area contributed by atoms with Crippen molar-refractivity contribution in [2.45, 2.75) is 6.42 Å². The molecule has 1 aliphatic heterocycles. The van der Waals surface area contributed by atoms with Crippen LogP contribution in [0.15, 0.2) is 41.8 Å². The van der Waals surface area contributed by atoms with E-state index >= 15 is 0 Å². The van der Waals surface area contributed by atoms with Crippen molar-refractivity contribution < 1.29 is 23.7 Å². The van der Waals surface area contributed by atoms with Crippen LogP contribution in [-0.4, -0.2) is 31.9 Å². The molecule has 28 heavy (non-hydrogen) atoms. The van der Waals surface area contributed by atoms with Gasteiger partial charge in [-0.1, -0.05) is 6.07 Å². The molecular weight excluding hydrogens is 380 g/mol. The highest BCUT2D eigenvalue weighted by Crippen LogP contribution is 2.36. The minimum absolute atomic E-state index is 0.154. The molecule has 3 aromatic rings. The Kier molecular flexibility index (Phi) is 5.03. The van der Waals surface area contributed by atoms with Gasteiger partial charge in [0.25, 0.3) is 0 Å². The van der Waals surface area contributed by atoms with E-state index in [4.69, 9.17) is 18.9 Å². The number of carbonyl (C=O) groups is 1. The molecule has 7 nitrogen and oxygen atoms in total. The Morgan fingerprint density at radius 3 is 2.75 bits per heavy atom. The molecule has 0 saturated carbocycles. The molecule has 1 N–H and O–H groups in total. The summed E-state index contributed by atoms with van der Waals surface area (Å²) in [6, 6.07) is 11.1. The fraction of sp³-hybridized carbons (Fsp3) is 0.200. The summed E-state index contributed by atoms with van der Waals surface area (Å²) in [5, 5.41) is 5.27. The Labute approximate surface area is 165 Å². The van der Waals surface area contributed by atoms with E-state index in [1.807, 2.05) is 29.6 Å². The van der Waals surface area contributed by atoms with Crippen molar-refractivity contribution in [3.05, 3.63) is 47.3 Å². The van der Waals surface area contributed by atoms with Gasteiger partial charge in [0.1, 0.15) is 0 Å². The fourth-order valence-electron chi connectivity index (χ4n) is 2.86. The second-order valence-corrected chi connectivity index (χ2v) is 6.88. The number of hydrogen-bond acceptors (Lipinski definition) is 7. The molecule has 4 rings (SSSR count). The zero-order chi connectivity index (χ0) is 19.5. The zero-order valence-electron chi connectivity index (χ0n) is 15.4. The first-order valence-corrected chi connectivity index (χ1v) is 9.40. The van der Waals surface area contributed by atoms with Crippen LogP contribution in [0.25, 0.3) is 11.3 Å². The number of benzene rings is 2. The van der Waals surface area contributed by atoms with E-state index in [1.165, 1.54) is 11.3 Å². The minimum atomic E-state index is -0.154. The van der Waals surface area contributed by atoms with Crippen LogP contribution >= 0.6 is 11.3 Å². The molecule has 1 aromatic heterocycles. The van der Waals surface area contributed by atoms with E-state index in [0.717, 1.165) is 22.6 Å². The van der Waals surface area contributed by atoms with Gasteiger partial charge in [-0.25, -0.2) is 4.98 Å². The van der Waals surface area contributed by atoms with Crippen LogP contribution in [0, 0.1) is 0 Å². The molecule has 8 heteroatoms. The molecular formula is C20H18N2O5S.